The molecule has 0 aromatic heterocycles. The Morgan fingerprint density at radius 2 is 0.934 bits per heavy atom. The van der Waals surface area contributed by atoms with E-state index < -0.39 is 49.5 Å². The van der Waals surface area contributed by atoms with E-state index in [4.69, 9.17) is 9.47 Å². The molecule has 7 atom stereocenters. The number of nitrogens with one attached hydrogen (secondary N) is 1. The van der Waals surface area contributed by atoms with E-state index in [0.717, 1.165) is 51.4 Å². The fourth-order valence-corrected chi connectivity index (χ4v) is 8.35. The number of amides is 1. The van der Waals surface area contributed by atoms with E-state index in [0.29, 0.717) is 6.42 Å². The van der Waals surface area contributed by atoms with Crippen molar-refractivity contribution in [3.63, 3.8) is 0 Å². The second-order valence-corrected chi connectivity index (χ2v) is 18.3. The lowest BCUT2D eigenvalue weighted by atomic mass is 9.99. The lowest BCUT2D eigenvalue weighted by molar-refractivity contribution is -0.302. The Kier molecular flexibility index (Phi) is 40.3. The first-order chi connectivity index (χ1) is 29.8. The standard InChI is InChI=1S/C52H99NO8/c1-3-5-7-9-10-11-12-13-14-15-16-17-18-19-20-21-22-23-24-25-26-27-28-29-30-31-32-33-34-35-36-38-39-41-46(55)45(53-48(56)42-40-37-8-6-4-2)44-60-52-51(59)50(58)49(57)47(43-54)61-52/h34-35,39,41,45-47,49-52,54-55,57-59H,3-33,36-38,40,42-44H2,1-2H3,(H,53,56)/b35-34+,41-39+. The summed E-state index contributed by atoms with van der Waals surface area (Å²) in [7, 11) is 0. The minimum Gasteiger partial charge on any atom is -0.394 e. The van der Waals surface area contributed by atoms with Crippen LogP contribution in [0.15, 0.2) is 24.3 Å². The molecule has 0 saturated carbocycles. The molecule has 1 amide bonds. The molecular weight excluding hydrogens is 767 g/mol. The summed E-state index contributed by atoms with van der Waals surface area (Å²) >= 11 is 0. The number of aliphatic hydroxyl groups excluding tert-OH is 5. The van der Waals surface area contributed by atoms with Gasteiger partial charge >= 0.3 is 0 Å². The maximum Gasteiger partial charge on any atom is 0.220 e. The van der Waals surface area contributed by atoms with Gasteiger partial charge in [-0.1, -0.05) is 231 Å². The largest absolute Gasteiger partial charge is 0.394 e. The van der Waals surface area contributed by atoms with Crippen LogP contribution in [0, 0.1) is 0 Å². The predicted octanol–water partition coefficient (Wildman–Crippen LogP) is 11.8. The third-order valence-corrected chi connectivity index (χ3v) is 12.5. The van der Waals surface area contributed by atoms with Gasteiger partial charge in [0.2, 0.25) is 5.91 Å². The fraction of sp³-hybridized carbons (Fsp3) is 0.904. The van der Waals surface area contributed by atoms with Crippen molar-refractivity contribution in [1.82, 2.24) is 5.32 Å². The van der Waals surface area contributed by atoms with Crippen molar-refractivity contribution in [1.29, 1.82) is 0 Å². The van der Waals surface area contributed by atoms with Gasteiger partial charge in [-0.2, -0.15) is 0 Å². The molecule has 7 unspecified atom stereocenters. The average molecular weight is 866 g/mol. The van der Waals surface area contributed by atoms with Crippen LogP contribution in [0.3, 0.4) is 0 Å². The molecule has 1 heterocycles. The number of unbranched alkanes of at least 4 members (excludes halogenated alkanes) is 32. The highest BCUT2D eigenvalue weighted by atomic mass is 16.7. The molecular formula is C52H99NO8. The Morgan fingerprint density at radius 1 is 0.541 bits per heavy atom. The van der Waals surface area contributed by atoms with Gasteiger partial charge in [-0.3, -0.25) is 4.79 Å². The van der Waals surface area contributed by atoms with Gasteiger partial charge in [0.15, 0.2) is 6.29 Å². The van der Waals surface area contributed by atoms with Crippen LogP contribution >= 0.6 is 0 Å². The van der Waals surface area contributed by atoms with Crippen LogP contribution in [0.5, 0.6) is 0 Å². The van der Waals surface area contributed by atoms with Gasteiger partial charge in [0.05, 0.1) is 25.4 Å². The van der Waals surface area contributed by atoms with Gasteiger partial charge in [0, 0.05) is 6.42 Å². The lowest BCUT2D eigenvalue weighted by Crippen LogP contribution is -2.60. The zero-order valence-corrected chi connectivity index (χ0v) is 39.7. The Bertz CT molecular complexity index is 1010. The number of hydrogen-bond acceptors (Lipinski definition) is 8. The number of carbonyl (C=O) groups is 1. The van der Waals surface area contributed by atoms with E-state index in [1.54, 1.807) is 6.08 Å². The second kappa shape index (κ2) is 42.6. The van der Waals surface area contributed by atoms with Crippen molar-refractivity contribution in [2.45, 2.75) is 288 Å². The van der Waals surface area contributed by atoms with E-state index in [2.05, 4.69) is 31.3 Å². The molecule has 0 aromatic carbocycles. The van der Waals surface area contributed by atoms with Gasteiger partial charge in [-0.05, 0) is 32.1 Å². The highest BCUT2D eigenvalue weighted by Gasteiger charge is 2.44. The number of ether oxygens (including phenoxy) is 2. The SMILES string of the molecule is CCCCCCCCCCCCCCCCCCCCCCCCCCCCC/C=C/CC/C=C/C(O)C(COC1OC(CO)C(O)C(O)C1O)NC(=O)CCCCCCC. The zero-order chi connectivity index (χ0) is 44.4. The highest BCUT2D eigenvalue weighted by Crippen LogP contribution is 2.23. The molecule has 0 spiro atoms. The molecule has 9 heteroatoms. The molecule has 1 rings (SSSR count). The van der Waals surface area contributed by atoms with Crippen LogP contribution in [0.1, 0.15) is 245 Å². The Labute approximate surface area is 375 Å². The topological polar surface area (TPSA) is 149 Å². The van der Waals surface area contributed by atoms with Crippen LogP contribution in [-0.4, -0.2) is 87.5 Å². The van der Waals surface area contributed by atoms with E-state index in [-0.39, 0.29) is 12.5 Å². The summed E-state index contributed by atoms with van der Waals surface area (Å²) in [6, 6.07) is -0.814. The second-order valence-electron chi connectivity index (χ2n) is 18.3. The summed E-state index contributed by atoms with van der Waals surface area (Å²) in [5.74, 6) is -0.199. The van der Waals surface area contributed by atoms with Crippen LogP contribution in [0.4, 0.5) is 0 Å². The number of carbonyl (C=O) groups excluding carboxylic acids is 1. The van der Waals surface area contributed by atoms with Crippen LogP contribution in [-0.2, 0) is 14.3 Å². The van der Waals surface area contributed by atoms with Crippen molar-refractivity contribution in [2.75, 3.05) is 13.2 Å². The van der Waals surface area contributed by atoms with Crippen molar-refractivity contribution >= 4 is 5.91 Å². The molecule has 0 bridgehead atoms. The van der Waals surface area contributed by atoms with Crippen LogP contribution in [0.25, 0.3) is 0 Å². The Morgan fingerprint density at radius 3 is 1.38 bits per heavy atom. The van der Waals surface area contributed by atoms with Gasteiger partial charge < -0.3 is 40.3 Å². The third-order valence-electron chi connectivity index (χ3n) is 12.5. The van der Waals surface area contributed by atoms with Gasteiger partial charge in [-0.25, -0.2) is 0 Å². The Balaban J connectivity index is 2.06. The van der Waals surface area contributed by atoms with Gasteiger partial charge in [-0.15, -0.1) is 0 Å². The van der Waals surface area contributed by atoms with Crippen molar-refractivity contribution in [2.24, 2.45) is 0 Å². The zero-order valence-electron chi connectivity index (χ0n) is 39.7. The molecule has 1 saturated heterocycles. The quantitative estimate of drug-likeness (QED) is 0.0262. The molecule has 0 radical (unpaired) electrons. The smallest absolute Gasteiger partial charge is 0.220 e. The first kappa shape index (κ1) is 57.7. The first-order valence-corrected chi connectivity index (χ1v) is 26.1. The minimum atomic E-state index is -1.57. The molecule has 1 fully saturated rings. The summed E-state index contributed by atoms with van der Waals surface area (Å²) in [4.78, 5) is 12.7. The van der Waals surface area contributed by atoms with Crippen molar-refractivity contribution < 1.29 is 39.8 Å². The molecule has 6 N–H and O–H groups in total. The van der Waals surface area contributed by atoms with Crippen LogP contribution in [0.2, 0.25) is 0 Å². The maximum atomic E-state index is 12.7. The third kappa shape index (κ3) is 32.9. The van der Waals surface area contributed by atoms with Crippen molar-refractivity contribution in [3.05, 3.63) is 24.3 Å². The minimum absolute atomic E-state index is 0.199. The molecule has 9 nitrogen and oxygen atoms in total. The van der Waals surface area contributed by atoms with Gasteiger partial charge in [0.25, 0.3) is 0 Å². The summed E-state index contributed by atoms with van der Waals surface area (Å²) in [6.45, 7) is 3.67. The Hall–Kier alpha value is -1.33. The van der Waals surface area contributed by atoms with E-state index in [1.807, 2.05) is 6.08 Å². The van der Waals surface area contributed by atoms with Crippen molar-refractivity contribution in [3.8, 4) is 0 Å². The number of aliphatic hydroxyl groups is 5. The normalized spacial score (nSPS) is 20.5. The molecule has 61 heavy (non-hydrogen) atoms. The van der Waals surface area contributed by atoms with Crippen LogP contribution < -0.4 is 5.32 Å². The van der Waals surface area contributed by atoms with Gasteiger partial charge in [0.1, 0.15) is 24.4 Å². The monoisotopic (exact) mass is 866 g/mol. The van der Waals surface area contributed by atoms with E-state index in [1.165, 1.54) is 173 Å². The predicted molar refractivity (Wildman–Crippen MR) is 253 cm³/mol. The van der Waals surface area contributed by atoms with E-state index >= 15 is 0 Å². The number of hydrogen-bond donors (Lipinski definition) is 6. The summed E-state index contributed by atoms with van der Waals surface area (Å²) in [5.41, 5.74) is 0. The summed E-state index contributed by atoms with van der Waals surface area (Å²) in [5, 5.41) is 53.9. The highest BCUT2D eigenvalue weighted by molar-refractivity contribution is 5.76. The maximum absolute atomic E-state index is 12.7. The molecule has 360 valence electrons. The molecule has 0 aliphatic carbocycles. The lowest BCUT2D eigenvalue weighted by Gasteiger charge is -2.40. The number of rotatable bonds is 44. The molecule has 1 aliphatic heterocycles. The first-order valence-electron chi connectivity index (χ1n) is 26.1. The summed E-state index contributed by atoms with van der Waals surface area (Å²) < 4.78 is 11.1. The fourth-order valence-electron chi connectivity index (χ4n) is 8.35. The summed E-state index contributed by atoms with van der Waals surface area (Å²) in [6.07, 6.45) is 46.1. The van der Waals surface area contributed by atoms with E-state index in [9.17, 15) is 30.3 Å². The average Bonchev–Trinajstić information content (AvgIpc) is 3.26. The molecule has 1 aliphatic rings. The molecule has 0 aromatic rings. The number of allylic oxidation sites excluding steroid dienone is 3.